The number of aromatic hydroxyl groups is 1. The summed E-state index contributed by atoms with van der Waals surface area (Å²) in [4.78, 5) is 19.2. The van der Waals surface area contributed by atoms with Crippen molar-refractivity contribution in [2.45, 2.75) is 103 Å². The van der Waals surface area contributed by atoms with Crippen molar-refractivity contribution < 1.29 is 19.7 Å². The molecule has 4 atom stereocenters. The van der Waals surface area contributed by atoms with Crippen molar-refractivity contribution in [3.05, 3.63) is 47.3 Å². The van der Waals surface area contributed by atoms with Crippen LogP contribution in [0.5, 0.6) is 11.5 Å². The van der Waals surface area contributed by atoms with Gasteiger partial charge < -0.3 is 19.8 Å². The number of carbonyl (C=O) groups excluding carboxylic acids is 1. The molecule has 2 N–H and O–H groups in total. The van der Waals surface area contributed by atoms with Crippen molar-refractivity contribution in [3.63, 3.8) is 0 Å². The number of phenols is 1. The number of hydrogen-bond donors (Lipinski definition) is 2. The van der Waals surface area contributed by atoms with Crippen LogP contribution in [-0.2, 0) is 11.2 Å². The van der Waals surface area contributed by atoms with E-state index in [1.807, 2.05) is 18.3 Å². The van der Waals surface area contributed by atoms with Crippen molar-refractivity contribution >= 4 is 12.0 Å². The first-order valence-corrected chi connectivity index (χ1v) is 13.8. The number of rotatable bonds is 13. The number of fused-ring (bicyclic) bond motifs is 3. The molecule has 0 radical (unpaired) electrons. The lowest BCUT2D eigenvalue weighted by Gasteiger charge is -2.43. The summed E-state index contributed by atoms with van der Waals surface area (Å²) in [5.41, 5.74) is 3.26. The maximum Gasteiger partial charge on any atom is 0.172 e. The maximum absolute atomic E-state index is 12.4. The summed E-state index contributed by atoms with van der Waals surface area (Å²) < 4.78 is 6.41. The molecule has 3 aliphatic heterocycles. The molecule has 6 heteroatoms. The molecule has 0 aliphatic carbocycles. The highest BCUT2D eigenvalue weighted by molar-refractivity contribution is 5.81. The van der Waals surface area contributed by atoms with Gasteiger partial charge in [0, 0.05) is 37.3 Å². The minimum absolute atomic E-state index is 0.0740. The van der Waals surface area contributed by atoms with E-state index in [4.69, 9.17) is 4.74 Å². The monoisotopic (exact) mass is 494 g/mol. The SMILES string of the molecule is CCCCC[C@@H](O)CC(=O)CCc1ccc(O)c(O[C@H]2CC[C@H](CC(C)C)C3C4=CC=NC4=CN32)c1. The number of aliphatic hydroxyl groups is 1. The number of ether oxygens (including phenoxy) is 1. The molecule has 4 rings (SSSR count). The van der Waals surface area contributed by atoms with Crippen LogP contribution < -0.4 is 4.74 Å². The lowest BCUT2D eigenvalue weighted by atomic mass is 9.80. The summed E-state index contributed by atoms with van der Waals surface area (Å²) in [6, 6.07) is 5.62. The third kappa shape index (κ3) is 6.39. The molecule has 3 heterocycles. The van der Waals surface area contributed by atoms with Crippen molar-refractivity contribution in [3.8, 4) is 11.5 Å². The number of hydrogen-bond acceptors (Lipinski definition) is 6. The molecule has 0 amide bonds. The van der Waals surface area contributed by atoms with Gasteiger partial charge in [0.1, 0.15) is 5.78 Å². The number of piperidine rings is 1. The zero-order chi connectivity index (χ0) is 25.7. The standard InChI is InChI=1S/C30H42N2O4/c1-4-5-6-7-23(33)18-24(34)11-8-21-9-12-27(35)28(17-21)36-29-13-10-22(16-20(2)3)30-25-14-15-31-26(25)19-32(29)30/h9,12,14-15,17,19-20,22-23,29-30,33,35H,4-8,10-11,13,16,18H2,1-3H3/t22-,23-,29+,30?/m1/s1. The largest absolute Gasteiger partial charge is 0.504 e. The van der Waals surface area contributed by atoms with Gasteiger partial charge in [-0.05, 0) is 61.3 Å². The summed E-state index contributed by atoms with van der Waals surface area (Å²) in [6.07, 6.45) is 13.5. The fourth-order valence-electron chi connectivity index (χ4n) is 5.83. The van der Waals surface area contributed by atoms with Gasteiger partial charge in [0.05, 0.1) is 17.8 Å². The van der Waals surface area contributed by atoms with Gasteiger partial charge in [-0.1, -0.05) is 46.1 Å². The number of phenolic OH excluding ortho intramolecular Hbond substituents is 1. The van der Waals surface area contributed by atoms with Gasteiger partial charge in [0.25, 0.3) is 0 Å². The van der Waals surface area contributed by atoms with E-state index in [2.05, 4.69) is 42.9 Å². The number of nitrogens with zero attached hydrogens (tertiary/aromatic N) is 2. The molecule has 6 nitrogen and oxygen atoms in total. The van der Waals surface area contributed by atoms with Gasteiger partial charge in [-0.2, -0.15) is 0 Å². The number of aliphatic hydroxyl groups excluding tert-OH is 1. The van der Waals surface area contributed by atoms with Crippen LogP contribution in [0.4, 0.5) is 0 Å². The first-order chi connectivity index (χ1) is 17.4. The van der Waals surface area contributed by atoms with Crippen LogP contribution in [-0.4, -0.2) is 45.5 Å². The zero-order valence-corrected chi connectivity index (χ0v) is 22.0. The molecule has 3 aliphatic rings. The summed E-state index contributed by atoms with van der Waals surface area (Å²) in [5, 5.41) is 20.7. The Bertz CT molecular complexity index is 1010. The Morgan fingerprint density at radius 3 is 2.86 bits per heavy atom. The van der Waals surface area contributed by atoms with Gasteiger partial charge in [0.15, 0.2) is 17.7 Å². The topological polar surface area (TPSA) is 82.4 Å². The second-order valence-corrected chi connectivity index (χ2v) is 11.0. The van der Waals surface area contributed by atoms with Crippen LogP contribution in [0.2, 0.25) is 0 Å². The van der Waals surface area contributed by atoms with Crippen LogP contribution in [0.3, 0.4) is 0 Å². The van der Waals surface area contributed by atoms with Gasteiger partial charge in [-0.25, -0.2) is 0 Å². The second kappa shape index (κ2) is 12.1. The van der Waals surface area contributed by atoms with Crippen LogP contribution in [0.25, 0.3) is 0 Å². The Morgan fingerprint density at radius 2 is 2.08 bits per heavy atom. The number of Topliss-reactive ketones (excluding diaryl/α,β-unsaturated/α-hetero) is 1. The van der Waals surface area contributed by atoms with Crippen molar-refractivity contribution in [2.24, 2.45) is 16.8 Å². The molecule has 0 spiro atoms. The average molecular weight is 495 g/mol. The molecule has 1 fully saturated rings. The lowest BCUT2D eigenvalue weighted by molar-refractivity contribution is -0.121. The molecule has 196 valence electrons. The van der Waals surface area contributed by atoms with Gasteiger partial charge in [-0.15, -0.1) is 0 Å². The number of aryl methyl sites for hydroxylation is 1. The zero-order valence-electron chi connectivity index (χ0n) is 22.0. The van der Waals surface area contributed by atoms with E-state index in [0.717, 1.165) is 49.8 Å². The Balaban J connectivity index is 1.38. The van der Waals surface area contributed by atoms with E-state index < -0.39 is 6.10 Å². The van der Waals surface area contributed by atoms with Crippen LogP contribution in [0, 0.1) is 11.8 Å². The molecule has 0 saturated carbocycles. The van der Waals surface area contributed by atoms with E-state index in [0.29, 0.717) is 36.8 Å². The molecule has 36 heavy (non-hydrogen) atoms. The molecular weight excluding hydrogens is 452 g/mol. The summed E-state index contributed by atoms with van der Waals surface area (Å²) in [6.45, 7) is 6.68. The average Bonchev–Trinajstić information content (AvgIpc) is 3.43. The Morgan fingerprint density at radius 1 is 1.25 bits per heavy atom. The Labute approximate surface area is 215 Å². The van der Waals surface area contributed by atoms with Gasteiger partial charge in [-0.3, -0.25) is 9.79 Å². The van der Waals surface area contributed by atoms with Crippen molar-refractivity contribution in [2.75, 3.05) is 0 Å². The highest BCUT2D eigenvalue weighted by Crippen LogP contribution is 2.45. The molecule has 0 bridgehead atoms. The van der Waals surface area contributed by atoms with Crippen molar-refractivity contribution in [1.29, 1.82) is 0 Å². The predicted octanol–water partition coefficient (Wildman–Crippen LogP) is 5.92. The van der Waals surface area contributed by atoms with E-state index in [-0.39, 0.29) is 30.2 Å². The second-order valence-electron chi connectivity index (χ2n) is 11.0. The normalized spacial score (nSPS) is 23.4. The predicted molar refractivity (Wildman–Crippen MR) is 143 cm³/mol. The van der Waals surface area contributed by atoms with E-state index in [1.54, 1.807) is 6.07 Å². The smallest absolute Gasteiger partial charge is 0.172 e. The summed E-state index contributed by atoms with van der Waals surface area (Å²) >= 11 is 0. The number of allylic oxidation sites excluding steroid dienone is 1. The minimum atomic E-state index is -0.546. The molecule has 1 aromatic carbocycles. The van der Waals surface area contributed by atoms with Crippen molar-refractivity contribution in [1.82, 2.24) is 4.90 Å². The number of benzene rings is 1. The Kier molecular flexibility index (Phi) is 8.89. The Hall–Kier alpha value is -2.60. The number of aliphatic imine (C=N–C) groups is 1. The molecular formula is C30H42N2O4. The first kappa shape index (κ1) is 26.5. The molecule has 1 unspecified atom stereocenters. The summed E-state index contributed by atoms with van der Waals surface area (Å²) in [7, 11) is 0. The third-order valence-corrected chi connectivity index (χ3v) is 7.60. The van der Waals surface area contributed by atoms with E-state index in [9.17, 15) is 15.0 Å². The number of carbonyl (C=O) groups is 1. The summed E-state index contributed by atoms with van der Waals surface area (Å²) in [5.74, 6) is 1.82. The van der Waals surface area contributed by atoms with Crippen LogP contribution >= 0.6 is 0 Å². The fraction of sp³-hybridized carbons (Fsp3) is 0.600. The minimum Gasteiger partial charge on any atom is -0.504 e. The van der Waals surface area contributed by atoms with E-state index >= 15 is 0 Å². The fourth-order valence-corrected chi connectivity index (χ4v) is 5.83. The highest BCUT2D eigenvalue weighted by atomic mass is 16.5. The quantitative estimate of drug-likeness (QED) is 0.333. The van der Waals surface area contributed by atoms with Gasteiger partial charge >= 0.3 is 0 Å². The van der Waals surface area contributed by atoms with Crippen LogP contribution in [0.15, 0.2) is 46.7 Å². The van der Waals surface area contributed by atoms with E-state index in [1.165, 1.54) is 5.57 Å². The molecule has 1 saturated heterocycles. The first-order valence-electron chi connectivity index (χ1n) is 13.8. The molecule has 0 aromatic heterocycles. The van der Waals surface area contributed by atoms with Gasteiger partial charge in [0.2, 0.25) is 0 Å². The third-order valence-electron chi connectivity index (χ3n) is 7.60. The van der Waals surface area contributed by atoms with Crippen LogP contribution in [0.1, 0.15) is 84.1 Å². The highest BCUT2D eigenvalue weighted by Gasteiger charge is 2.44. The number of unbranched alkanes of at least 4 members (excludes halogenated alkanes) is 2. The maximum atomic E-state index is 12.4. The molecule has 1 aromatic rings. The number of ketones is 1. The lowest BCUT2D eigenvalue weighted by Crippen LogP contribution is -2.49.